The number of fused-ring (bicyclic) bond motifs is 1. The number of nitrogens with zero attached hydrogens (tertiary/aromatic N) is 4. The van der Waals surface area contributed by atoms with Gasteiger partial charge >= 0.3 is 6.18 Å². The smallest absolute Gasteiger partial charge is 0.367 e. The van der Waals surface area contributed by atoms with Gasteiger partial charge in [-0.2, -0.15) is 18.3 Å². The standard InChI is InChI=1S/C22H28F3N5O/c1-21(2,3)17-13-18(22(23,24)25)30-19(27-17)12-15(28-30)16-6-4-5-11-29(16)20(31)14-7-9-26-10-8-14/h7-10,12,16-18,27H,4-6,11,13H2,1-3H3/t16-,17+,18-/m1/s1. The van der Waals surface area contributed by atoms with Crippen molar-refractivity contribution in [3.63, 3.8) is 0 Å². The predicted octanol–water partition coefficient (Wildman–Crippen LogP) is 4.98. The van der Waals surface area contributed by atoms with Crippen molar-refractivity contribution in [1.82, 2.24) is 19.7 Å². The first-order valence-electron chi connectivity index (χ1n) is 10.7. The van der Waals surface area contributed by atoms with Crippen molar-refractivity contribution in [1.29, 1.82) is 0 Å². The Morgan fingerprint density at radius 3 is 2.52 bits per heavy atom. The van der Waals surface area contributed by atoms with E-state index >= 15 is 0 Å². The van der Waals surface area contributed by atoms with Crippen LogP contribution in [0.2, 0.25) is 0 Å². The van der Waals surface area contributed by atoms with Crippen molar-refractivity contribution >= 4 is 11.7 Å². The van der Waals surface area contributed by atoms with Crippen molar-refractivity contribution in [2.24, 2.45) is 5.41 Å². The molecule has 1 fully saturated rings. The third-order valence-electron chi connectivity index (χ3n) is 6.29. The van der Waals surface area contributed by atoms with Crippen LogP contribution in [-0.4, -0.2) is 44.3 Å². The highest BCUT2D eigenvalue weighted by Crippen LogP contribution is 2.44. The van der Waals surface area contributed by atoms with Gasteiger partial charge in [-0.25, -0.2) is 4.68 Å². The summed E-state index contributed by atoms with van der Waals surface area (Å²) in [4.78, 5) is 18.8. The molecule has 3 atom stereocenters. The van der Waals surface area contributed by atoms with Crippen LogP contribution >= 0.6 is 0 Å². The number of amides is 1. The average molecular weight is 435 g/mol. The fourth-order valence-corrected chi connectivity index (χ4v) is 4.47. The fourth-order valence-electron chi connectivity index (χ4n) is 4.47. The van der Waals surface area contributed by atoms with E-state index in [2.05, 4.69) is 15.4 Å². The van der Waals surface area contributed by atoms with E-state index in [9.17, 15) is 18.0 Å². The quantitative estimate of drug-likeness (QED) is 0.723. The maximum atomic E-state index is 13.9. The number of likely N-dealkylation sites (tertiary alicyclic amines) is 1. The maximum absolute atomic E-state index is 13.9. The lowest BCUT2D eigenvalue weighted by molar-refractivity contribution is -0.175. The summed E-state index contributed by atoms with van der Waals surface area (Å²) in [5.74, 6) is 0.219. The number of piperidine rings is 1. The van der Waals surface area contributed by atoms with Gasteiger partial charge in [0.1, 0.15) is 5.82 Å². The summed E-state index contributed by atoms with van der Waals surface area (Å²) < 4.78 is 42.8. The van der Waals surface area contributed by atoms with Crippen LogP contribution in [-0.2, 0) is 0 Å². The lowest BCUT2D eigenvalue weighted by Crippen LogP contribution is -2.44. The molecule has 168 valence electrons. The number of rotatable bonds is 2. The number of hydrogen-bond donors (Lipinski definition) is 1. The topological polar surface area (TPSA) is 63.1 Å². The maximum Gasteiger partial charge on any atom is 0.410 e. The zero-order valence-corrected chi connectivity index (χ0v) is 18.0. The number of carbonyl (C=O) groups is 1. The van der Waals surface area contributed by atoms with Crippen molar-refractivity contribution in [2.45, 2.75) is 70.8 Å². The first kappa shape index (κ1) is 21.6. The van der Waals surface area contributed by atoms with Gasteiger partial charge in [-0.3, -0.25) is 9.78 Å². The summed E-state index contributed by atoms with van der Waals surface area (Å²) in [6.07, 6.45) is 1.07. The molecule has 31 heavy (non-hydrogen) atoms. The Morgan fingerprint density at radius 1 is 1.16 bits per heavy atom. The van der Waals surface area contributed by atoms with Gasteiger partial charge in [0.25, 0.3) is 5.91 Å². The molecule has 1 amide bonds. The van der Waals surface area contributed by atoms with E-state index in [4.69, 9.17) is 0 Å². The van der Waals surface area contributed by atoms with E-state index in [1.807, 2.05) is 20.8 Å². The van der Waals surface area contributed by atoms with Crippen molar-refractivity contribution in [3.8, 4) is 0 Å². The Morgan fingerprint density at radius 2 is 1.87 bits per heavy atom. The van der Waals surface area contributed by atoms with E-state index < -0.39 is 12.2 Å². The Balaban J connectivity index is 1.69. The summed E-state index contributed by atoms with van der Waals surface area (Å²) in [7, 11) is 0. The molecular formula is C22H28F3N5O. The van der Waals surface area contributed by atoms with Crippen LogP contribution in [0.25, 0.3) is 0 Å². The van der Waals surface area contributed by atoms with Gasteiger partial charge in [-0.1, -0.05) is 20.8 Å². The van der Waals surface area contributed by atoms with Gasteiger partial charge in [0, 0.05) is 36.6 Å². The van der Waals surface area contributed by atoms with E-state index in [-0.39, 0.29) is 29.8 Å². The number of anilines is 1. The molecule has 2 aromatic rings. The molecule has 0 radical (unpaired) electrons. The van der Waals surface area contributed by atoms with Crippen molar-refractivity contribution < 1.29 is 18.0 Å². The zero-order valence-electron chi connectivity index (χ0n) is 18.0. The molecule has 4 rings (SSSR count). The highest BCUT2D eigenvalue weighted by atomic mass is 19.4. The summed E-state index contributed by atoms with van der Waals surface area (Å²) in [6.45, 7) is 6.35. The average Bonchev–Trinajstić information content (AvgIpc) is 3.16. The Labute approximate surface area is 179 Å². The van der Waals surface area contributed by atoms with Crippen LogP contribution < -0.4 is 5.32 Å². The second-order valence-corrected chi connectivity index (χ2v) is 9.50. The molecule has 4 heterocycles. The van der Waals surface area contributed by atoms with E-state index in [1.54, 1.807) is 35.5 Å². The highest BCUT2D eigenvalue weighted by Gasteiger charge is 2.48. The number of aromatic nitrogens is 3. The van der Waals surface area contributed by atoms with Gasteiger partial charge in [-0.15, -0.1) is 0 Å². The molecule has 9 heteroatoms. The van der Waals surface area contributed by atoms with E-state index in [1.165, 1.54) is 0 Å². The fraction of sp³-hybridized carbons (Fsp3) is 0.591. The third-order valence-corrected chi connectivity index (χ3v) is 6.29. The Kier molecular flexibility index (Phi) is 5.47. The molecule has 2 aliphatic heterocycles. The molecule has 0 saturated carbocycles. The third kappa shape index (κ3) is 4.27. The summed E-state index contributed by atoms with van der Waals surface area (Å²) in [5, 5.41) is 7.66. The van der Waals surface area contributed by atoms with Gasteiger partial charge in [0.05, 0.1) is 11.7 Å². The SMILES string of the molecule is CC(C)(C)[C@@H]1C[C@H](C(F)(F)F)n2nc([C@H]3CCCCN3C(=O)c3ccncc3)cc2N1. The summed E-state index contributed by atoms with van der Waals surface area (Å²) >= 11 is 0. The minimum absolute atomic E-state index is 0.0779. The first-order valence-corrected chi connectivity index (χ1v) is 10.7. The van der Waals surface area contributed by atoms with E-state index in [0.29, 0.717) is 30.0 Å². The van der Waals surface area contributed by atoms with Gasteiger partial charge < -0.3 is 10.2 Å². The van der Waals surface area contributed by atoms with Crippen LogP contribution in [0.15, 0.2) is 30.6 Å². The first-order chi connectivity index (χ1) is 14.6. The second kappa shape index (κ2) is 7.84. The molecule has 1 N–H and O–H groups in total. The molecule has 0 spiro atoms. The largest absolute Gasteiger partial charge is 0.410 e. The predicted molar refractivity (Wildman–Crippen MR) is 111 cm³/mol. The van der Waals surface area contributed by atoms with Crippen LogP contribution in [0.3, 0.4) is 0 Å². The number of hydrogen-bond acceptors (Lipinski definition) is 4. The van der Waals surface area contributed by atoms with Gasteiger partial charge in [-0.05, 0) is 43.2 Å². The molecule has 0 bridgehead atoms. The number of alkyl halides is 3. The summed E-state index contributed by atoms with van der Waals surface area (Å²) in [6, 6.07) is 2.63. The highest BCUT2D eigenvalue weighted by molar-refractivity contribution is 5.94. The molecule has 1 saturated heterocycles. The number of nitrogens with one attached hydrogen (secondary N) is 1. The van der Waals surface area contributed by atoms with Crippen LogP contribution in [0.1, 0.15) is 74.6 Å². The van der Waals surface area contributed by atoms with Crippen molar-refractivity contribution in [3.05, 3.63) is 41.9 Å². The number of halogens is 3. The van der Waals surface area contributed by atoms with Crippen molar-refractivity contribution in [2.75, 3.05) is 11.9 Å². The molecule has 2 aromatic heterocycles. The number of pyridine rings is 1. The number of carbonyl (C=O) groups excluding carboxylic acids is 1. The molecule has 0 aromatic carbocycles. The molecular weight excluding hydrogens is 407 g/mol. The Bertz CT molecular complexity index is 935. The Hall–Kier alpha value is -2.58. The summed E-state index contributed by atoms with van der Waals surface area (Å²) in [5.41, 5.74) is 0.686. The van der Waals surface area contributed by atoms with Gasteiger partial charge in [0.2, 0.25) is 0 Å². The second-order valence-electron chi connectivity index (χ2n) is 9.50. The van der Waals surface area contributed by atoms with Gasteiger partial charge in [0.15, 0.2) is 6.04 Å². The molecule has 2 aliphatic rings. The van der Waals surface area contributed by atoms with Crippen LogP contribution in [0.4, 0.5) is 19.0 Å². The monoisotopic (exact) mass is 435 g/mol. The van der Waals surface area contributed by atoms with E-state index in [0.717, 1.165) is 17.5 Å². The molecule has 0 aliphatic carbocycles. The molecule has 0 unspecified atom stereocenters. The lowest BCUT2D eigenvalue weighted by atomic mass is 9.82. The van der Waals surface area contributed by atoms with Crippen LogP contribution in [0.5, 0.6) is 0 Å². The lowest BCUT2D eigenvalue weighted by Gasteiger charge is -2.39. The minimum Gasteiger partial charge on any atom is -0.367 e. The molecule has 6 nitrogen and oxygen atoms in total. The van der Waals surface area contributed by atoms with Crippen LogP contribution in [0, 0.1) is 5.41 Å². The zero-order chi connectivity index (χ0) is 22.4. The minimum atomic E-state index is -4.40. The normalized spacial score (nSPS) is 24.5.